The molecular formula is C28H26FNO7. The minimum atomic E-state index is -0.502. The Labute approximate surface area is 212 Å². The summed E-state index contributed by atoms with van der Waals surface area (Å²) in [5.74, 6) is -0.0629. The largest absolute Gasteiger partial charge is 0.502 e. The SMILES string of the molecule is COc1cc([C@H]2c3cc4c(cc3[C@H](NCc3ccc(F)cc3)C3COC(=O)[C@H]32)OCO4)cc(OC)c1O. The summed E-state index contributed by atoms with van der Waals surface area (Å²) >= 11 is 0. The summed E-state index contributed by atoms with van der Waals surface area (Å²) < 4.78 is 41.2. The van der Waals surface area contributed by atoms with Gasteiger partial charge in [-0.15, -0.1) is 0 Å². The number of cyclic esters (lactones) is 1. The van der Waals surface area contributed by atoms with Crippen LogP contribution < -0.4 is 24.3 Å². The number of benzene rings is 3. The minimum absolute atomic E-state index is 0.111. The number of phenolic OH excluding ortho intramolecular Hbond substituents is 1. The van der Waals surface area contributed by atoms with E-state index in [2.05, 4.69) is 5.32 Å². The Morgan fingerprint density at radius 2 is 1.62 bits per heavy atom. The second-order valence-corrected chi connectivity index (χ2v) is 9.39. The third kappa shape index (κ3) is 3.90. The van der Waals surface area contributed by atoms with Gasteiger partial charge in [0.15, 0.2) is 23.0 Å². The molecule has 3 aromatic carbocycles. The van der Waals surface area contributed by atoms with Crippen LogP contribution in [0, 0.1) is 17.7 Å². The smallest absolute Gasteiger partial charge is 0.310 e. The van der Waals surface area contributed by atoms with E-state index in [1.807, 2.05) is 12.1 Å². The summed E-state index contributed by atoms with van der Waals surface area (Å²) in [7, 11) is 2.93. The number of halogens is 1. The second kappa shape index (κ2) is 9.15. The third-order valence-corrected chi connectivity index (χ3v) is 7.49. The zero-order valence-electron chi connectivity index (χ0n) is 20.3. The molecule has 3 aliphatic rings. The number of aromatic hydroxyl groups is 1. The van der Waals surface area contributed by atoms with Crippen molar-refractivity contribution in [2.45, 2.75) is 18.5 Å². The van der Waals surface area contributed by atoms with Crippen molar-refractivity contribution in [3.63, 3.8) is 0 Å². The molecule has 8 nitrogen and oxygen atoms in total. The quantitative estimate of drug-likeness (QED) is 0.483. The van der Waals surface area contributed by atoms with Crippen LogP contribution in [0.15, 0.2) is 48.5 Å². The van der Waals surface area contributed by atoms with E-state index >= 15 is 0 Å². The van der Waals surface area contributed by atoms with Gasteiger partial charge in [0.1, 0.15) is 5.82 Å². The van der Waals surface area contributed by atoms with Crippen molar-refractivity contribution in [3.05, 3.63) is 76.6 Å². The molecule has 0 radical (unpaired) electrons. The zero-order valence-corrected chi connectivity index (χ0v) is 20.3. The molecule has 2 heterocycles. The van der Waals surface area contributed by atoms with Crippen molar-refractivity contribution in [3.8, 4) is 28.7 Å². The molecule has 2 N–H and O–H groups in total. The van der Waals surface area contributed by atoms with E-state index in [9.17, 15) is 14.3 Å². The van der Waals surface area contributed by atoms with Gasteiger partial charge in [-0.05, 0) is 58.7 Å². The van der Waals surface area contributed by atoms with Crippen LogP contribution in [0.4, 0.5) is 4.39 Å². The van der Waals surface area contributed by atoms with Crippen LogP contribution in [0.2, 0.25) is 0 Å². The Morgan fingerprint density at radius 1 is 0.973 bits per heavy atom. The summed E-state index contributed by atoms with van der Waals surface area (Å²) in [4.78, 5) is 13.2. The molecule has 1 unspecified atom stereocenters. The van der Waals surface area contributed by atoms with E-state index in [-0.39, 0.29) is 54.4 Å². The highest BCUT2D eigenvalue weighted by molar-refractivity contribution is 5.79. The first-order valence-corrected chi connectivity index (χ1v) is 12.0. The number of methoxy groups -OCH3 is 2. The van der Waals surface area contributed by atoms with Crippen LogP contribution in [0.25, 0.3) is 0 Å². The van der Waals surface area contributed by atoms with Crippen LogP contribution >= 0.6 is 0 Å². The van der Waals surface area contributed by atoms with Gasteiger partial charge < -0.3 is 34.1 Å². The van der Waals surface area contributed by atoms with Gasteiger partial charge >= 0.3 is 5.97 Å². The topological polar surface area (TPSA) is 95.5 Å². The maximum atomic E-state index is 13.4. The predicted octanol–water partition coefficient (Wildman–Crippen LogP) is 4.04. The molecule has 0 bridgehead atoms. The van der Waals surface area contributed by atoms with Crippen LogP contribution in [-0.2, 0) is 16.1 Å². The van der Waals surface area contributed by atoms with E-state index < -0.39 is 11.8 Å². The van der Waals surface area contributed by atoms with Crippen molar-refractivity contribution >= 4 is 5.97 Å². The molecule has 1 fully saturated rings. The lowest BCUT2D eigenvalue weighted by molar-refractivity contribution is -0.141. The van der Waals surface area contributed by atoms with E-state index in [1.165, 1.54) is 26.4 Å². The zero-order chi connectivity index (χ0) is 25.7. The monoisotopic (exact) mass is 507 g/mol. The number of nitrogens with one attached hydrogen (secondary N) is 1. The van der Waals surface area contributed by atoms with Crippen molar-refractivity contribution in [1.82, 2.24) is 5.32 Å². The van der Waals surface area contributed by atoms with Crippen LogP contribution in [-0.4, -0.2) is 38.7 Å². The van der Waals surface area contributed by atoms with Crippen LogP contribution in [0.3, 0.4) is 0 Å². The van der Waals surface area contributed by atoms with Crippen molar-refractivity contribution in [2.75, 3.05) is 27.6 Å². The minimum Gasteiger partial charge on any atom is -0.502 e. The highest BCUT2D eigenvalue weighted by Gasteiger charge is 2.52. The Morgan fingerprint density at radius 3 is 2.27 bits per heavy atom. The normalized spacial score (nSPS) is 23.3. The van der Waals surface area contributed by atoms with Crippen molar-refractivity contribution < 1.29 is 38.0 Å². The molecule has 2 aliphatic heterocycles. The lowest BCUT2D eigenvalue weighted by Crippen LogP contribution is -2.40. The van der Waals surface area contributed by atoms with Gasteiger partial charge in [-0.25, -0.2) is 4.39 Å². The Bertz CT molecular complexity index is 1330. The third-order valence-electron chi connectivity index (χ3n) is 7.49. The summed E-state index contributed by atoms with van der Waals surface area (Å²) in [6.45, 7) is 0.843. The molecule has 1 saturated heterocycles. The Kier molecular flexibility index (Phi) is 5.79. The first kappa shape index (κ1) is 23.4. The number of hydrogen-bond acceptors (Lipinski definition) is 8. The number of phenols is 1. The number of esters is 1. The molecule has 192 valence electrons. The average molecular weight is 508 g/mol. The van der Waals surface area contributed by atoms with Gasteiger partial charge in [-0.1, -0.05) is 12.1 Å². The summed E-state index contributed by atoms with van der Waals surface area (Å²) in [5.41, 5.74) is 3.51. The van der Waals surface area contributed by atoms with Crippen molar-refractivity contribution in [1.29, 1.82) is 0 Å². The number of hydrogen-bond donors (Lipinski definition) is 2. The lowest BCUT2D eigenvalue weighted by Gasteiger charge is -2.39. The van der Waals surface area contributed by atoms with Gasteiger partial charge in [0.05, 0.1) is 26.7 Å². The van der Waals surface area contributed by atoms with E-state index in [1.54, 1.807) is 24.3 Å². The van der Waals surface area contributed by atoms with E-state index in [0.29, 0.717) is 18.0 Å². The maximum absolute atomic E-state index is 13.4. The van der Waals surface area contributed by atoms with Gasteiger partial charge in [0.2, 0.25) is 12.5 Å². The first-order valence-electron chi connectivity index (χ1n) is 12.0. The molecular weight excluding hydrogens is 481 g/mol. The Hall–Kier alpha value is -3.98. The number of carbonyl (C=O) groups is 1. The first-order chi connectivity index (χ1) is 18.0. The summed E-state index contributed by atoms with van der Waals surface area (Å²) in [6.07, 6.45) is 0. The molecule has 0 spiro atoms. The second-order valence-electron chi connectivity index (χ2n) is 9.39. The molecule has 0 saturated carbocycles. The fourth-order valence-electron chi connectivity index (χ4n) is 5.75. The fraction of sp³-hybridized carbons (Fsp3) is 0.321. The highest BCUT2D eigenvalue weighted by Crippen LogP contribution is 2.55. The average Bonchev–Trinajstić information content (AvgIpc) is 3.53. The van der Waals surface area contributed by atoms with Gasteiger partial charge in [-0.3, -0.25) is 4.79 Å². The van der Waals surface area contributed by atoms with E-state index in [4.69, 9.17) is 23.7 Å². The molecule has 3 aromatic rings. The fourth-order valence-corrected chi connectivity index (χ4v) is 5.75. The predicted molar refractivity (Wildman–Crippen MR) is 130 cm³/mol. The number of carbonyl (C=O) groups excluding carboxylic acids is 1. The van der Waals surface area contributed by atoms with Gasteiger partial charge in [0.25, 0.3) is 0 Å². The molecule has 6 rings (SSSR count). The summed E-state index contributed by atoms with van der Waals surface area (Å²) in [6, 6.07) is 13.4. The molecule has 37 heavy (non-hydrogen) atoms. The van der Waals surface area contributed by atoms with Crippen LogP contribution in [0.1, 0.15) is 34.2 Å². The van der Waals surface area contributed by atoms with Gasteiger partial charge in [0, 0.05) is 24.4 Å². The molecule has 9 heteroatoms. The molecule has 0 amide bonds. The lowest BCUT2D eigenvalue weighted by atomic mass is 9.65. The molecule has 0 aromatic heterocycles. The molecule has 1 aliphatic carbocycles. The summed E-state index contributed by atoms with van der Waals surface area (Å²) in [5, 5.41) is 14.1. The van der Waals surface area contributed by atoms with E-state index in [0.717, 1.165) is 22.3 Å². The number of rotatable bonds is 6. The Balaban J connectivity index is 1.48. The number of ether oxygens (including phenoxy) is 5. The van der Waals surface area contributed by atoms with Gasteiger partial charge in [-0.2, -0.15) is 0 Å². The van der Waals surface area contributed by atoms with Crippen molar-refractivity contribution in [2.24, 2.45) is 11.8 Å². The highest BCUT2D eigenvalue weighted by atomic mass is 19.1. The maximum Gasteiger partial charge on any atom is 0.310 e. The number of fused-ring (bicyclic) bond motifs is 3. The van der Waals surface area contributed by atoms with Crippen LogP contribution in [0.5, 0.6) is 28.7 Å². The standard InChI is InChI=1S/C28H26FNO7/c1-33-22-7-15(8-23(34-2)27(22)31)24-17-9-20-21(37-13-36-20)10-18(17)26(19-12-35-28(32)25(19)24)30-11-14-3-5-16(29)6-4-14/h3-10,19,24-26,30-31H,11-13H2,1-2H3/t19?,24-,25+,26-/m0/s1. The molecule has 4 atom stereocenters.